The molecule has 0 amide bonds. The van der Waals surface area contributed by atoms with Crippen molar-refractivity contribution in [3.8, 4) is 22.7 Å². The third kappa shape index (κ3) is 9.08. The first-order valence-corrected chi connectivity index (χ1v) is 22.0. The van der Waals surface area contributed by atoms with Crippen LogP contribution >= 0.6 is 0 Å². The number of aryl methyl sites for hydroxylation is 2. The van der Waals surface area contributed by atoms with E-state index in [1.807, 2.05) is 78.7 Å². The van der Waals surface area contributed by atoms with Crippen molar-refractivity contribution in [2.45, 2.75) is 105 Å². The number of hydrogen-bond donors (Lipinski definition) is 0. The molecule has 0 saturated carbocycles. The van der Waals surface area contributed by atoms with E-state index >= 15 is 0 Å². The van der Waals surface area contributed by atoms with Gasteiger partial charge in [0.25, 0.3) is 0 Å². The average molecular weight is 1240 g/mol. The Hall–Kier alpha value is -5.30. The Morgan fingerprint density at radius 2 is 0.682 bits per heavy atom. The van der Waals surface area contributed by atoms with Crippen molar-refractivity contribution >= 4 is 43.6 Å². The Labute approximate surface area is 417 Å². The summed E-state index contributed by atoms with van der Waals surface area (Å²) in [7, 11) is 3.97. The van der Waals surface area contributed by atoms with E-state index in [0.717, 1.165) is 55.6 Å². The van der Waals surface area contributed by atoms with Gasteiger partial charge in [0.05, 0.1) is 14.1 Å². The van der Waals surface area contributed by atoms with Gasteiger partial charge < -0.3 is 47.3 Å². The molecule has 0 aliphatic carbocycles. The first kappa shape index (κ1) is 48.6. The van der Waals surface area contributed by atoms with Crippen molar-refractivity contribution in [1.82, 2.24) is 38.2 Å². The van der Waals surface area contributed by atoms with Crippen LogP contribution in [-0.2, 0) is 77.9 Å². The molecule has 0 unspecified atom stereocenters. The number of nitrogens with zero attached hydrogens (tertiary/aromatic N) is 10. The summed E-state index contributed by atoms with van der Waals surface area (Å²) < 4.78 is 11.8. The number of aromatic nitrogens is 10. The molecule has 0 aliphatic heterocycles. The maximum atomic E-state index is 5.18. The van der Waals surface area contributed by atoms with Crippen LogP contribution < -0.4 is 19.1 Å². The van der Waals surface area contributed by atoms with Crippen LogP contribution in [0.15, 0.2) is 98.1 Å². The molecule has 12 heteroatoms. The van der Waals surface area contributed by atoms with Gasteiger partial charge in [-0.25, -0.2) is 0 Å². The largest absolute Gasteiger partial charge is 0.668 e. The molecule has 0 saturated heterocycles. The van der Waals surface area contributed by atoms with Crippen LogP contribution in [0.25, 0.3) is 66.4 Å². The maximum absolute atomic E-state index is 5.18. The predicted molar refractivity (Wildman–Crippen MR) is 255 cm³/mol. The van der Waals surface area contributed by atoms with Crippen molar-refractivity contribution in [3.05, 3.63) is 146 Å². The van der Waals surface area contributed by atoms with Gasteiger partial charge in [0.15, 0.2) is 0 Å². The van der Waals surface area contributed by atoms with Gasteiger partial charge in [-0.1, -0.05) is 156 Å². The summed E-state index contributed by atoms with van der Waals surface area (Å²) in [6, 6.07) is 18.2. The van der Waals surface area contributed by atoms with Crippen LogP contribution in [0.1, 0.15) is 105 Å². The van der Waals surface area contributed by atoms with Gasteiger partial charge in [0.1, 0.15) is 0 Å². The fourth-order valence-corrected chi connectivity index (χ4v) is 8.26. The summed E-state index contributed by atoms with van der Waals surface area (Å²) in [6.07, 6.45) is 28.3. The van der Waals surface area contributed by atoms with Crippen LogP contribution in [0.5, 0.6) is 0 Å². The van der Waals surface area contributed by atoms with Gasteiger partial charge in [-0.2, -0.15) is 0 Å². The average Bonchev–Trinajstić information content (AvgIpc) is 4.07. The van der Waals surface area contributed by atoms with Crippen LogP contribution in [-0.4, -0.2) is 28.2 Å². The fraction of sp³-hybridized carbons (Fsp3) is 0.333. The molecular weight excluding hydrogens is 1180 g/mol. The van der Waals surface area contributed by atoms with E-state index in [0.29, 0.717) is 0 Å². The first-order valence-electron chi connectivity index (χ1n) is 22.0. The molecule has 6 heterocycles. The van der Waals surface area contributed by atoms with Crippen LogP contribution in [0.4, 0.5) is 0 Å². The minimum absolute atomic E-state index is 0. The SMILES string of the molecule is C[n+]1[c-]n(-c2cc(C(C)(C)C)cc3c2[n-]c2c(-n4[c-]ncc4)cc(C(C)(C)C)cc23)cc1.C[n+]1[c-]n(-c2cc(C(C)(C)C)cc3c2[n-]c2c(-n4[c-]ncc4)cc(C(C)(C)C)cc23)cc1.[Pt].[Pt]. The minimum atomic E-state index is -0.000456. The van der Waals surface area contributed by atoms with E-state index in [1.165, 1.54) is 33.0 Å². The van der Waals surface area contributed by atoms with E-state index in [1.54, 1.807) is 12.4 Å². The zero-order chi connectivity index (χ0) is 45.7. The number of benzene rings is 4. The van der Waals surface area contributed by atoms with Crippen LogP contribution in [0, 0.1) is 25.3 Å². The van der Waals surface area contributed by atoms with Gasteiger partial charge in [-0.3, -0.25) is 0 Å². The Balaban J connectivity index is 0.000000191. The van der Waals surface area contributed by atoms with E-state index in [-0.39, 0.29) is 63.8 Å². The number of rotatable bonds is 4. The molecule has 66 heavy (non-hydrogen) atoms. The number of fused-ring (bicyclic) bond motifs is 6. The molecule has 0 fully saturated rings. The zero-order valence-electron chi connectivity index (χ0n) is 40.3. The summed E-state index contributed by atoms with van der Waals surface area (Å²) in [5.41, 5.74) is 13.1. The second kappa shape index (κ2) is 17.4. The minimum Gasteiger partial charge on any atom is -0.668 e. The second-order valence-corrected chi connectivity index (χ2v) is 21.3. The summed E-state index contributed by atoms with van der Waals surface area (Å²) in [5, 5.41) is 4.65. The van der Waals surface area contributed by atoms with Gasteiger partial charge in [0, 0.05) is 90.9 Å². The van der Waals surface area contributed by atoms with Crippen LogP contribution in [0.2, 0.25) is 0 Å². The molecule has 0 spiro atoms. The standard InChI is InChI=1S/2C27H29N5.2Pt/c2*1-26(2,3)18-12-20-21-13-19(27(4,5)6)15-23(32-11-10-30(7)17-32)25(21)29-24(20)22(14-18)31-9-8-28-16-31;;/h2*8-15H,1-7H3;;/q2*-2;;. The Bertz CT molecular complexity index is 3100. The molecule has 4 aromatic carbocycles. The van der Waals surface area contributed by atoms with Crippen molar-refractivity contribution in [3.63, 3.8) is 0 Å². The molecule has 0 aliphatic rings. The Morgan fingerprint density at radius 1 is 0.409 bits per heavy atom. The summed E-state index contributed by atoms with van der Waals surface area (Å²) >= 11 is 0. The normalized spacial score (nSPS) is 12.5. The number of imidazole rings is 4. The summed E-state index contributed by atoms with van der Waals surface area (Å²) in [5.74, 6) is 0. The molecule has 348 valence electrons. The molecule has 6 aromatic heterocycles. The molecule has 0 bridgehead atoms. The second-order valence-electron chi connectivity index (χ2n) is 21.3. The van der Waals surface area contributed by atoms with Crippen molar-refractivity contribution in [2.24, 2.45) is 14.1 Å². The third-order valence-electron chi connectivity index (χ3n) is 12.2. The predicted octanol–water partition coefficient (Wildman–Crippen LogP) is 9.89. The maximum Gasteiger partial charge on any atom is 0.243 e. The molecule has 10 rings (SSSR count). The molecule has 0 atom stereocenters. The van der Waals surface area contributed by atoms with Crippen molar-refractivity contribution < 1.29 is 51.3 Å². The van der Waals surface area contributed by atoms with Gasteiger partial charge >= 0.3 is 0 Å². The smallest absolute Gasteiger partial charge is 0.243 e. The first-order chi connectivity index (χ1) is 30.0. The van der Waals surface area contributed by atoms with Crippen molar-refractivity contribution in [2.75, 3.05) is 0 Å². The monoisotopic (exact) mass is 1240 g/mol. The van der Waals surface area contributed by atoms with Gasteiger partial charge in [0.2, 0.25) is 12.7 Å². The molecule has 10 nitrogen and oxygen atoms in total. The van der Waals surface area contributed by atoms with E-state index in [2.05, 4.69) is 167 Å². The number of hydrogen-bond acceptors (Lipinski definition) is 2. The Kier molecular flexibility index (Phi) is 12.8. The van der Waals surface area contributed by atoms with E-state index in [9.17, 15) is 0 Å². The van der Waals surface area contributed by atoms with Crippen LogP contribution in [0.3, 0.4) is 0 Å². The zero-order valence-corrected chi connectivity index (χ0v) is 44.9. The fourth-order valence-electron chi connectivity index (χ4n) is 8.26. The third-order valence-corrected chi connectivity index (χ3v) is 12.2. The summed E-state index contributed by atoms with van der Waals surface area (Å²) in [6.45, 7) is 27.0. The van der Waals surface area contributed by atoms with Gasteiger partial charge in [-0.15, -0.1) is 22.1 Å². The molecular formula is C54H58N10Pt2-4. The molecule has 10 aromatic rings. The molecule has 0 N–H and O–H groups in total. The van der Waals surface area contributed by atoms with Crippen molar-refractivity contribution in [1.29, 1.82) is 0 Å². The summed E-state index contributed by atoms with van der Waals surface area (Å²) in [4.78, 5) is 18.7. The quantitative estimate of drug-likeness (QED) is 0.130. The van der Waals surface area contributed by atoms with Gasteiger partial charge in [-0.05, 0) is 76.8 Å². The molecule has 0 radical (unpaired) electrons. The van der Waals surface area contributed by atoms with E-state index < -0.39 is 0 Å². The topological polar surface area (TPSA) is 81.5 Å². The Morgan fingerprint density at radius 3 is 0.894 bits per heavy atom. The van der Waals surface area contributed by atoms with E-state index in [4.69, 9.17) is 9.97 Å².